The maximum absolute atomic E-state index is 12.5. The van der Waals surface area contributed by atoms with Crippen LogP contribution in [0.25, 0.3) is 0 Å². The smallest absolute Gasteiger partial charge is 0.340 e. The molecule has 7 nitrogen and oxygen atoms in total. The number of amides is 1. The molecule has 0 aliphatic carbocycles. The Bertz CT molecular complexity index is 1060. The summed E-state index contributed by atoms with van der Waals surface area (Å²) in [7, 11) is -3.15. The third kappa shape index (κ3) is 6.70. The molecule has 1 atom stereocenters. The molecule has 166 valence electrons. The number of hydrogen-bond donors (Lipinski definition) is 2. The quantitative estimate of drug-likeness (QED) is 0.582. The van der Waals surface area contributed by atoms with Crippen LogP contribution in [0.1, 0.15) is 29.3 Å². The van der Waals surface area contributed by atoms with Gasteiger partial charge in [-0.2, -0.15) is 0 Å². The van der Waals surface area contributed by atoms with E-state index in [1.807, 2.05) is 24.3 Å². The fourth-order valence-electron chi connectivity index (χ4n) is 3.50. The number of carbonyl (C=O) groups is 2. The van der Waals surface area contributed by atoms with E-state index < -0.39 is 33.9 Å². The summed E-state index contributed by atoms with van der Waals surface area (Å²) in [5.41, 5.74) is 1.21. The first-order chi connectivity index (χ1) is 14.7. The van der Waals surface area contributed by atoms with Crippen LogP contribution >= 0.6 is 11.6 Å². The number of nitrogens with one attached hydrogen (secondary N) is 2. The van der Waals surface area contributed by atoms with Crippen molar-refractivity contribution in [3.8, 4) is 0 Å². The van der Waals surface area contributed by atoms with Gasteiger partial charge >= 0.3 is 5.97 Å². The molecule has 2 N–H and O–H groups in total. The van der Waals surface area contributed by atoms with Crippen LogP contribution in [0.15, 0.2) is 48.5 Å². The van der Waals surface area contributed by atoms with Crippen LogP contribution in [-0.4, -0.2) is 50.5 Å². The average molecular weight is 465 g/mol. The molecule has 1 fully saturated rings. The van der Waals surface area contributed by atoms with E-state index in [4.69, 9.17) is 16.3 Å². The molecule has 0 radical (unpaired) electrons. The Labute approximate surface area is 187 Å². The zero-order valence-electron chi connectivity index (χ0n) is 17.2. The van der Waals surface area contributed by atoms with E-state index in [2.05, 4.69) is 10.6 Å². The van der Waals surface area contributed by atoms with E-state index in [-0.39, 0.29) is 11.5 Å². The number of halogens is 1. The summed E-state index contributed by atoms with van der Waals surface area (Å²) in [5.74, 6) is -1.23. The number of esters is 1. The predicted molar refractivity (Wildman–Crippen MR) is 120 cm³/mol. The zero-order chi connectivity index (χ0) is 22.5. The molecule has 31 heavy (non-hydrogen) atoms. The number of anilines is 1. The molecule has 3 rings (SSSR count). The number of rotatable bonds is 8. The molecule has 9 heteroatoms. The summed E-state index contributed by atoms with van der Waals surface area (Å²) in [6.07, 6.45) is 1.08. The maximum atomic E-state index is 12.5. The van der Waals surface area contributed by atoms with Gasteiger partial charge in [-0.25, -0.2) is 13.2 Å². The topological polar surface area (TPSA) is 102 Å². The normalized spacial score (nSPS) is 19.5. The SMILES string of the molecule is C[C@@]1(NC(=O)COC(=O)c2ccccc2NCCc2ccc(Cl)cc2)CCS(=O)(=O)C1. The Morgan fingerprint density at radius 1 is 1.13 bits per heavy atom. The first-order valence-electron chi connectivity index (χ1n) is 9.92. The molecule has 0 unspecified atom stereocenters. The van der Waals surface area contributed by atoms with Crippen molar-refractivity contribution >= 4 is 39.0 Å². The van der Waals surface area contributed by atoms with E-state index in [0.717, 1.165) is 12.0 Å². The van der Waals surface area contributed by atoms with Crippen molar-refractivity contribution in [1.82, 2.24) is 5.32 Å². The highest BCUT2D eigenvalue weighted by Crippen LogP contribution is 2.23. The molecule has 0 spiro atoms. The first kappa shape index (κ1) is 23.1. The molecule has 2 aromatic rings. The van der Waals surface area contributed by atoms with Gasteiger partial charge in [-0.05, 0) is 49.6 Å². The maximum Gasteiger partial charge on any atom is 0.340 e. The van der Waals surface area contributed by atoms with Crippen molar-refractivity contribution < 1.29 is 22.7 Å². The highest BCUT2D eigenvalue weighted by atomic mass is 35.5. The second-order valence-electron chi connectivity index (χ2n) is 7.88. The van der Waals surface area contributed by atoms with Crippen LogP contribution in [0.4, 0.5) is 5.69 Å². The molecule has 2 aromatic carbocycles. The van der Waals surface area contributed by atoms with Crippen LogP contribution in [0.2, 0.25) is 5.02 Å². The minimum atomic E-state index is -3.15. The third-order valence-corrected chi connectivity index (χ3v) is 7.22. The minimum Gasteiger partial charge on any atom is -0.452 e. The van der Waals surface area contributed by atoms with E-state index in [9.17, 15) is 18.0 Å². The van der Waals surface area contributed by atoms with Crippen LogP contribution in [-0.2, 0) is 25.8 Å². The van der Waals surface area contributed by atoms with E-state index in [1.54, 1.807) is 31.2 Å². The van der Waals surface area contributed by atoms with Crippen molar-refractivity contribution in [1.29, 1.82) is 0 Å². The molecule has 1 aliphatic heterocycles. The van der Waals surface area contributed by atoms with Crippen LogP contribution < -0.4 is 10.6 Å². The van der Waals surface area contributed by atoms with Crippen LogP contribution in [0.5, 0.6) is 0 Å². The summed E-state index contributed by atoms with van der Waals surface area (Å²) >= 11 is 5.89. The number of benzene rings is 2. The number of ether oxygens (including phenoxy) is 1. The molecule has 1 saturated heterocycles. The van der Waals surface area contributed by atoms with E-state index in [1.165, 1.54) is 0 Å². The lowest BCUT2D eigenvalue weighted by atomic mass is 10.0. The first-order valence-corrected chi connectivity index (χ1v) is 12.1. The number of carbonyl (C=O) groups excluding carboxylic acids is 2. The number of hydrogen-bond acceptors (Lipinski definition) is 6. The van der Waals surface area contributed by atoms with Gasteiger partial charge in [0.25, 0.3) is 5.91 Å². The van der Waals surface area contributed by atoms with Gasteiger partial charge in [0.05, 0.1) is 22.6 Å². The highest BCUT2D eigenvalue weighted by molar-refractivity contribution is 7.91. The molecule has 1 aliphatic rings. The summed E-state index contributed by atoms with van der Waals surface area (Å²) < 4.78 is 28.5. The van der Waals surface area contributed by atoms with Gasteiger partial charge < -0.3 is 15.4 Å². The van der Waals surface area contributed by atoms with Crippen molar-refractivity contribution in [2.75, 3.05) is 30.0 Å². The second-order valence-corrected chi connectivity index (χ2v) is 10.5. The van der Waals surface area contributed by atoms with Gasteiger partial charge in [0.1, 0.15) is 0 Å². The molecule has 1 amide bonds. The molecule has 0 bridgehead atoms. The minimum absolute atomic E-state index is 0.0403. The Kier molecular flexibility index (Phi) is 7.23. The van der Waals surface area contributed by atoms with Gasteiger partial charge in [-0.1, -0.05) is 35.9 Å². The number of para-hydroxylation sites is 1. The van der Waals surface area contributed by atoms with Crippen molar-refractivity contribution in [2.45, 2.75) is 25.3 Å². The van der Waals surface area contributed by atoms with Crippen LogP contribution in [0.3, 0.4) is 0 Å². The van der Waals surface area contributed by atoms with E-state index >= 15 is 0 Å². The standard InChI is InChI=1S/C22H25ClN2O5S/c1-22(11-13-31(28,29)15-22)25-20(26)14-30-21(27)18-4-2-3-5-19(18)24-12-10-16-6-8-17(23)9-7-16/h2-9,24H,10-15H2,1H3,(H,25,26)/t22-/m1/s1. The van der Waals surface area contributed by atoms with E-state index in [0.29, 0.717) is 29.2 Å². The summed E-state index contributed by atoms with van der Waals surface area (Å²) in [6, 6.07) is 14.4. The van der Waals surface area contributed by atoms with Gasteiger partial charge in [0, 0.05) is 17.3 Å². The summed E-state index contributed by atoms with van der Waals surface area (Å²) in [5, 5.41) is 6.56. The molecule has 0 saturated carbocycles. The van der Waals surface area contributed by atoms with Crippen molar-refractivity contribution in [3.05, 3.63) is 64.7 Å². The fourth-order valence-corrected chi connectivity index (χ4v) is 5.72. The zero-order valence-corrected chi connectivity index (χ0v) is 18.8. The molecular formula is C22H25ClN2O5S. The lowest BCUT2D eigenvalue weighted by Crippen LogP contribution is -2.48. The van der Waals surface area contributed by atoms with Gasteiger partial charge in [-0.15, -0.1) is 0 Å². The average Bonchev–Trinajstić information content (AvgIpc) is 3.00. The fraction of sp³-hybridized carbons (Fsp3) is 0.364. The van der Waals surface area contributed by atoms with Crippen molar-refractivity contribution in [2.24, 2.45) is 0 Å². The van der Waals surface area contributed by atoms with Gasteiger partial charge in [-0.3, -0.25) is 4.79 Å². The largest absolute Gasteiger partial charge is 0.452 e. The molecule has 1 heterocycles. The molecular weight excluding hydrogens is 440 g/mol. The Balaban J connectivity index is 1.52. The van der Waals surface area contributed by atoms with Gasteiger partial charge in [0.15, 0.2) is 16.4 Å². The van der Waals surface area contributed by atoms with Gasteiger partial charge in [0.2, 0.25) is 0 Å². The number of sulfone groups is 1. The monoisotopic (exact) mass is 464 g/mol. The second kappa shape index (κ2) is 9.70. The predicted octanol–water partition coefficient (Wildman–Crippen LogP) is 2.84. The Morgan fingerprint density at radius 3 is 2.52 bits per heavy atom. The Hall–Kier alpha value is -2.58. The lowest BCUT2D eigenvalue weighted by molar-refractivity contribution is -0.125. The summed E-state index contributed by atoms with van der Waals surface area (Å²) in [6.45, 7) is 1.80. The lowest BCUT2D eigenvalue weighted by Gasteiger charge is -2.23. The Morgan fingerprint density at radius 2 is 1.84 bits per heavy atom. The summed E-state index contributed by atoms with van der Waals surface area (Å²) in [4.78, 5) is 24.7. The third-order valence-electron chi connectivity index (χ3n) is 5.07. The molecule has 0 aromatic heterocycles. The highest BCUT2D eigenvalue weighted by Gasteiger charge is 2.39. The van der Waals surface area contributed by atoms with Crippen LogP contribution in [0, 0.1) is 0 Å². The van der Waals surface area contributed by atoms with Crippen molar-refractivity contribution in [3.63, 3.8) is 0 Å².